The molecule has 0 spiro atoms. The monoisotopic (exact) mass is 258 g/mol. The van der Waals surface area contributed by atoms with Gasteiger partial charge in [0.15, 0.2) is 15.6 Å². The smallest absolute Gasteiger partial charge is 0.178 e. The van der Waals surface area contributed by atoms with Crippen LogP contribution in [-0.4, -0.2) is 25.7 Å². The van der Waals surface area contributed by atoms with Gasteiger partial charge < -0.3 is 0 Å². The molecule has 0 saturated carbocycles. The third kappa shape index (κ3) is 3.09. The molecular formula is C11H14O3S2. The molecular weight excluding hydrogens is 244 g/mol. The van der Waals surface area contributed by atoms with Crippen molar-refractivity contribution in [1.29, 1.82) is 0 Å². The van der Waals surface area contributed by atoms with Gasteiger partial charge in [-0.05, 0) is 17.9 Å². The molecule has 1 aromatic carbocycles. The van der Waals surface area contributed by atoms with E-state index in [1.807, 2.05) is 0 Å². The zero-order valence-corrected chi connectivity index (χ0v) is 10.7. The van der Waals surface area contributed by atoms with Crippen LogP contribution in [0.5, 0.6) is 0 Å². The molecule has 0 atom stereocenters. The van der Waals surface area contributed by atoms with Crippen molar-refractivity contribution >= 4 is 28.2 Å². The first-order chi connectivity index (χ1) is 7.51. The molecule has 5 heteroatoms. The van der Waals surface area contributed by atoms with Gasteiger partial charge in [0.25, 0.3) is 0 Å². The molecule has 0 unspecified atom stereocenters. The van der Waals surface area contributed by atoms with Gasteiger partial charge in [0.05, 0.1) is 10.6 Å². The molecule has 0 aliphatic rings. The van der Waals surface area contributed by atoms with Gasteiger partial charge in [-0.2, -0.15) is 12.6 Å². The van der Waals surface area contributed by atoms with Gasteiger partial charge in [0, 0.05) is 12.0 Å². The summed E-state index contributed by atoms with van der Waals surface area (Å²) >= 11 is 3.97. The molecule has 0 aliphatic heterocycles. The first-order valence-electron chi connectivity index (χ1n) is 4.98. The highest BCUT2D eigenvalue weighted by atomic mass is 32.2. The Balaban J connectivity index is 2.96. The maximum atomic E-state index is 11.5. The normalized spacial score (nSPS) is 11.4. The Morgan fingerprint density at radius 1 is 1.25 bits per heavy atom. The van der Waals surface area contributed by atoms with E-state index in [0.29, 0.717) is 17.7 Å². The molecule has 0 aromatic heterocycles. The summed E-state index contributed by atoms with van der Waals surface area (Å²) in [4.78, 5) is 11.7. The van der Waals surface area contributed by atoms with Crippen molar-refractivity contribution in [2.24, 2.45) is 0 Å². The maximum Gasteiger partial charge on any atom is 0.178 e. The number of sulfone groups is 1. The van der Waals surface area contributed by atoms with Crippen molar-refractivity contribution in [1.82, 2.24) is 0 Å². The fraction of sp³-hybridized carbons (Fsp3) is 0.364. The summed E-state index contributed by atoms with van der Waals surface area (Å²) in [6.45, 7) is 1.59. The van der Waals surface area contributed by atoms with Crippen molar-refractivity contribution in [2.45, 2.75) is 18.2 Å². The van der Waals surface area contributed by atoms with Gasteiger partial charge in [-0.1, -0.05) is 19.1 Å². The Bertz CT molecular complexity index is 461. The summed E-state index contributed by atoms with van der Waals surface area (Å²) in [6, 6.07) is 6.05. The van der Waals surface area contributed by atoms with Crippen LogP contribution in [0.2, 0.25) is 0 Å². The lowest BCUT2D eigenvalue weighted by Gasteiger charge is -2.03. The van der Waals surface area contributed by atoms with Gasteiger partial charge in [-0.25, -0.2) is 8.42 Å². The Kier molecular flexibility index (Phi) is 4.56. The van der Waals surface area contributed by atoms with E-state index in [0.717, 1.165) is 0 Å². The number of hydrogen-bond acceptors (Lipinski definition) is 4. The summed E-state index contributed by atoms with van der Waals surface area (Å²) in [6.07, 6.45) is 0.364. The Morgan fingerprint density at radius 2 is 1.81 bits per heavy atom. The van der Waals surface area contributed by atoms with E-state index in [1.54, 1.807) is 19.1 Å². The Hall–Kier alpha value is -0.810. The van der Waals surface area contributed by atoms with Gasteiger partial charge in [0.1, 0.15) is 0 Å². The maximum absolute atomic E-state index is 11.5. The molecule has 16 heavy (non-hydrogen) atoms. The molecule has 3 nitrogen and oxygen atoms in total. The van der Waals surface area contributed by atoms with Crippen LogP contribution >= 0.6 is 12.6 Å². The standard InChI is InChI=1S/C11H14O3S2/c1-2-16(13,14)10-5-3-9(4-6-10)11(12)7-8-15/h3-6,15H,2,7-8H2,1H3. The highest BCUT2D eigenvalue weighted by Gasteiger charge is 2.12. The molecule has 0 aliphatic carbocycles. The molecule has 0 N–H and O–H groups in total. The van der Waals surface area contributed by atoms with Gasteiger partial charge in [-0.15, -0.1) is 0 Å². The van der Waals surface area contributed by atoms with Crippen LogP contribution in [0.3, 0.4) is 0 Å². The topological polar surface area (TPSA) is 51.2 Å². The minimum absolute atomic E-state index is 0.0181. The summed E-state index contributed by atoms with van der Waals surface area (Å²) in [5.74, 6) is 0.542. The lowest BCUT2D eigenvalue weighted by atomic mass is 10.1. The second-order valence-corrected chi connectivity index (χ2v) is 6.05. The number of ketones is 1. The van der Waals surface area contributed by atoms with Gasteiger partial charge >= 0.3 is 0 Å². The molecule has 0 heterocycles. The molecule has 1 aromatic rings. The Morgan fingerprint density at radius 3 is 2.25 bits per heavy atom. The van der Waals surface area contributed by atoms with Crippen LogP contribution in [0.1, 0.15) is 23.7 Å². The van der Waals surface area contributed by atoms with Crippen LogP contribution in [0.4, 0.5) is 0 Å². The zero-order chi connectivity index (χ0) is 12.2. The number of carbonyl (C=O) groups is 1. The molecule has 88 valence electrons. The molecule has 1 rings (SSSR count). The minimum atomic E-state index is -3.18. The fourth-order valence-electron chi connectivity index (χ4n) is 1.26. The van der Waals surface area contributed by atoms with Crippen molar-refractivity contribution in [2.75, 3.05) is 11.5 Å². The second kappa shape index (κ2) is 5.50. The number of thiol groups is 1. The highest BCUT2D eigenvalue weighted by Crippen LogP contribution is 2.13. The average Bonchev–Trinajstić information content (AvgIpc) is 2.29. The third-order valence-electron chi connectivity index (χ3n) is 2.25. The van der Waals surface area contributed by atoms with E-state index in [4.69, 9.17) is 0 Å². The number of Topliss-reactive ketones (excluding diaryl/α,β-unsaturated/α-hetero) is 1. The van der Waals surface area contributed by atoms with Crippen molar-refractivity contribution in [3.05, 3.63) is 29.8 Å². The first-order valence-corrected chi connectivity index (χ1v) is 7.26. The lowest BCUT2D eigenvalue weighted by molar-refractivity contribution is 0.0989. The predicted octanol–water partition coefficient (Wildman–Crippen LogP) is 1.98. The van der Waals surface area contributed by atoms with Gasteiger partial charge in [0.2, 0.25) is 0 Å². The highest BCUT2D eigenvalue weighted by molar-refractivity contribution is 7.91. The predicted molar refractivity (Wildman–Crippen MR) is 67.0 cm³/mol. The minimum Gasteiger partial charge on any atom is -0.294 e. The first kappa shape index (κ1) is 13.3. The molecule has 0 bridgehead atoms. The van der Waals surface area contributed by atoms with E-state index < -0.39 is 9.84 Å². The van der Waals surface area contributed by atoms with Crippen LogP contribution in [-0.2, 0) is 9.84 Å². The summed E-state index contributed by atoms with van der Waals surface area (Å²) in [7, 11) is -3.18. The molecule has 0 fully saturated rings. The van der Waals surface area contributed by atoms with E-state index in [2.05, 4.69) is 12.6 Å². The second-order valence-electron chi connectivity index (χ2n) is 3.32. The number of benzene rings is 1. The SMILES string of the molecule is CCS(=O)(=O)c1ccc(C(=O)CCS)cc1. The Labute approximate surface area is 101 Å². The van der Waals surface area contributed by atoms with Crippen LogP contribution in [0.15, 0.2) is 29.2 Å². The summed E-state index contributed by atoms with van der Waals surface area (Å²) in [5.41, 5.74) is 0.532. The zero-order valence-electron chi connectivity index (χ0n) is 9.01. The molecule has 0 saturated heterocycles. The molecule has 0 amide bonds. The average molecular weight is 258 g/mol. The molecule has 0 radical (unpaired) electrons. The largest absolute Gasteiger partial charge is 0.294 e. The van der Waals surface area contributed by atoms with E-state index >= 15 is 0 Å². The van der Waals surface area contributed by atoms with Gasteiger partial charge in [-0.3, -0.25) is 4.79 Å². The quantitative estimate of drug-likeness (QED) is 0.649. The summed E-state index contributed by atoms with van der Waals surface area (Å²) in [5, 5.41) is 0. The van der Waals surface area contributed by atoms with Crippen molar-refractivity contribution < 1.29 is 13.2 Å². The number of rotatable bonds is 5. The van der Waals surface area contributed by atoms with Crippen molar-refractivity contribution in [3.8, 4) is 0 Å². The van der Waals surface area contributed by atoms with Crippen LogP contribution < -0.4 is 0 Å². The van der Waals surface area contributed by atoms with E-state index in [-0.39, 0.29) is 16.4 Å². The van der Waals surface area contributed by atoms with Crippen LogP contribution in [0.25, 0.3) is 0 Å². The lowest BCUT2D eigenvalue weighted by Crippen LogP contribution is -2.05. The van der Waals surface area contributed by atoms with E-state index in [1.165, 1.54) is 12.1 Å². The van der Waals surface area contributed by atoms with Crippen LogP contribution in [0, 0.1) is 0 Å². The number of carbonyl (C=O) groups excluding carboxylic acids is 1. The van der Waals surface area contributed by atoms with E-state index in [9.17, 15) is 13.2 Å². The summed E-state index contributed by atoms with van der Waals surface area (Å²) < 4.78 is 23.0. The third-order valence-corrected chi connectivity index (χ3v) is 4.23. The number of hydrogen-bond donors (Lipinski definition) is 1. The fourth-order valence-corrected chi connectivity index (χ4v) is 2.35. The van der Waals surface area contributed by atoms with Crippen molar-refractivity contribution in [3.63, 3.8) is 0 Å².